The first-order valence-corrected chi connectivity index (χ1v) is 10.4. The fourth-order valence-corrected chi connectivity index (χ4v) is 4.50. The van der Waals surface area contributed by atoms with Crippen molar-refractivity contribution in [1.82, 2.24) is 4.98 Å². The van der Waals surface area contributed by atoms with Gasteiger partial charge in [-0.25, -0.2) is 9.78 Å². The van der Waals surface area contributed by atoms with Crippen LogP contribution >= 0.6 is 11.3 Å². The van der Waals surface area contributed by atoms with E-state index in [2.05, 4.69) is 0 Å². The van der Waals surface area contributed by atoms with E-state index in [9.17, 15) is 4.79 Å². The van der Waals surface area contributed by atoms with Gasteiger partial charge >= 0.3 is 5.97 Å². The van der Waals surface area contributed by atoms with Crippen molar-refractivity contribution in [3.05, 3.63) is 34.3 Å². The molecule has 0 saturated heterocycles. The number of hydrogen-bond acceptors (Lipinski definition) is 8. The molecule has 0 aliphatic heterocycles. The van der Waals surface area contributed by atoms with E-state index in [4.69, 9.17) is 23.9 Å². The van der Waals surface area contributed by atoms with E-state index in [1.54, 1.807) is 18.4 Å². The van der Waals surface area contributed by atoms with Gasteiger partial charge in [-0.15, -0.1) is 11.3 Å². The van der Waals surface area contributed by atoms with Crippen molar-refractivity contribution in [2.75, 3.05) is 53.2 Å². The number of thiazole rings is 1. The van der Waals surface area contributed by atoms with Crippen LogP contribution < -0.4 is 4.90 Å². The maximum absolute atomic E-state index is 12.4. The Morgan fingerprint density at radius 3 is 2.83 bits per heavy atom. The molecule has 2 aromatic rings. The Balaban J connectivity index is 1.85. The summed E-state index contributed by atoms with van der Waals surface area (Å²) in [6.45, 7) is 1.28. The van der Waals surface area contributed by atoms with Crippen molar-refractivity contribution in [1.29, 1.82) is 0 Å². The number of fused-ring (bicyclic) bond motifs is 1. The minimum Gasteiger partial charge on any atom is -0.465 e. The third-order valence-electron chi connectivity index (χ3n) is 4.84. The average Bonchev–Trinajstić information content (AvgIpc) is 3.17. The molecule has 0 bridgehead atoms. The van der Waals surface area contributed by atoms with Crippen LogP contribution in [0.2, 0.25) is 0 Å². The highest BCUT2D eigenvalue weighted by molar-refractivity contribution is 7.15. The van der Waals surface area contributed by atoms with Crippen molar-refractivity contribution in [3.8, 4) is 10.6 Å². The number of carbonyl (C=O) groups excluding carboxylic acids is 1. The molecule has 0 spiro atoms. The van der Waals surface area contributed by atoms with Crippen LogP contribution in [-0.2, 0) is 25.4 Å². The van der Waals surface area contributed by atoms with Gasteiger partial charge in [0, 0.05) is 32.5 Å². The lowest BCUT2D eigenvalue weighted by molar-refractivity contribution is -0.102. The van der Waals surface area contributed by atoms with Crippen LogP contribution in [-0.4, -0.2) is 59.3 Å². The van der Waals surface area contributed by atoms with Crippen LogP contribution in [0.15, 0.2) is 18.2 Å². The van der Waals surface area contributed by atoms with E-state index in [1.807, 2.05) is 37.2 Å². The molecular formula is C21H28N2O5S. The van der Waals surface area contributed by atoms with E-state index in [-0.39, 0.29) is 18.9 Å². The molecule has 0 radical (unpaired) electrons. The second-order valence-electron chi connectivity index (χ2n) is 7.01. The van der Waals surface area contributed by atoms with Crippen LogP contribution in [0.3, 0.4) is 0 Å². The number of carbonyl (C=O) groups is 1. The Morgan fingerprint density at radius 2 is 2.10 bits per heavy atom. The van der Waals surface area contributed by atoms with Crippen molar-refractivity contribution >= 4 is 23.0 Å². The molecular weight excluding hydrogens is 392 g/mol. The number of aromatic nitrogens is 1. The molecule has 29 heavy (non-hydrogen) atoms. The lowest BCUT2D eigenvalue weighted by Crippen LogP contribution is -2.14. The molecule has 0 amide bonds. The second kappa shape index (κ2) is 10.2. The van der Waals surface area contributed by atoms with Gasteiger partial charge in [0.05, 0.1) is 42.6 Å². The maximum Gasteiger partial charge on any atom is 0.338 e. The zero-order valence-corrected chi connectivity index (χ0v) is 18.2. The summed E-state index contributed by atoms with van der Waals surface area (Å²) in [4.78, 5) is 20.3. The monoisotopic (exact) mass is 420 g/mol. The van der Waals surface area contributed by atoms with Crippen molar-refractivity contribution < 1.29 is 23.7 Å². The first-order chi connectivity index (χ1) is 14.0. The van der Waals surface area contributed by atoms with Gasteiger partial charge in [0.25, 0.3) is 0 Å². The first-order valence-electron chi connectivity index (χ1n) is 9.63. The van der Waals surface area contributed by atoms with Gasteiger partial charge in [-0.1, -0.05) is 0 Å². The predicted molar refractivity (Wildman–Crippen MR) is 113 cm³/mol. The summed E-state index contributed by atoms with van der Waals surface area (Å²) >= 11 is 1.58. The number of benzene rings is 1. The summed E-state index contributed by atoms with van der Waals surface area (Å²) < 4.78 is 21.4. The third kappa shape index (κ3) is 5.14. The van der Waals surface area contributed by atoms with Gasteiger partial charge in [-0.3, -0.25) is 0 Å². The zero-order chi connectivity index (χ0) is 20.8. The van der Waals surface area contributed by atoms with Gasteiger partial charge in [0.1, 0.15) is 11.8 Å². The summed E-state index contributed by atoms with van der Waals surface area (Å²) in [6, 6.07) is 5.77. The minimum atomic E-state index is -0.365. The van der Waals surface area contributed by atoms with Crippen LogP contribution in [0.25, 0.3) is 10.6 Å². The van der Waals surface area contributed by atoms with E-state index in [0.29, 0.717) is 18.8 Å². The number of nitrogens with zero attached hydrogens (tertiary/aromatic N) is 2. The average molecular weight is 421 g/mol. The maximum atomic E-state index is 12.4. The normalized spacial score (nSPS) is 15.8. The molecule has 0 N–H and O–H groups in total. The molecule has 0 saturated carbocycles. The van der Waals surface area contributed by atoms with E-state index in [0.717, 1.165) is 46.1 Å². The largest absolute Gasteiger partial charge is 0.465 e. The molecule has 1 atom stereocenters. The third-order valence-corrected chi connectivity index (χ3v) is 6.06. The second-order valence-corrected chi connectivity index (χ2v) is 8.04. The van der Waals surface area contributed by atoms with Gasteiger partial charge in [0.2, 0.25) is 0 Å². The van der Waals surface area contributed by atoms with Gasteiger partial charge < -0.3 is 23.8 Å². The van der Waals surface area contributed by atoms with E-state index >= 15 is 0 Å². The van der Waals surface area contributed by atoms with Crippen LogP contribution in [0.4, 0.5) is 5.69 Å². The highest BCUT2D eigenvalue weighted by Gasteiger charge is 2.27. The minimum absolute atomic E-state index is 0.0323. The van der Waals surface area contributed by atoms with Crippen molar-refractivity contribution in [2.45, 2.75) is 25.4 Å². The summed E-state index contributed by atoms with van der Waals surface area (Å²) in [5.41, 5.74) is 3.29. The van der Waals surface area contributed by atoms with Crippen molar-refractivity contribution in [3.63, 3.8) is 0 Å². The van der Waals surface area contributed by atoms with Crippen molar-refractivity contribution in [2.24, 2.45) is 0 Å². The summed E-state index contributed by atoms with van der Waals surface area (Å²) in [5, 5.41) is 0.816. The molecule has 1 heterocycles. The molecule has 1 unspecified atom stereocenters. The van der Waals surface area contributed by atoms with Crippen LogP contribution in [0, 0.1) is 0 Å². The van der Waals surface area contributed by atoms with Gasteiger partial charge in [0.15, 0.2) is 0 Å². The van der Waals surface area contributed by atoms with Gasteiger partial charge in [-0.05, 0) is 37.5 Å². The highest BCUT2D eigenvalue weighted by atomic mass is 32.1. The molecule has 7 nitrogen and oxygen atoms in total. The quantitative estimate of drug-likeness (QED) is 0.348. The molecule has 8 heteroatoms. The summed E-state index contributed by atoms with van der Waals surface area (Å²) in [5.74, 6) is -0.365. The SMILES string of the molecule is COCCOCOC1CCCc2nc(-c3ccc(N(C)C)cc3C(=O)OC)sc21. The molecule has 1 aliphatic carbocycles. The Morgan fingerprint density at radius 1 is 1.28 bits per heavy atom. The molecule has 1 aromatic carbocycles. The Labute approximate surface area is 175 Å². The lowest BCUT2D eigenvalue weighted by atomic mass is 10.0. The lowest BCUT2D eigenvalue weighted by Gasteiger charge is -2.21. The number of ether oxygens (including phenoxy) is 4. The van der Waals surface area contributed by atoms with E-state index in [1.165, 1.54) is 7.11 Å². The highest BCUT2D eigenvalue weighted by Crippen LogP contribution is 2.41. The number of esters is 1. The molecule has 3 rings (SSSR count). The number of methoxy groups -OCH3 is 2. The fraction of sp³-hybridized carbons (Fsp3) is 0.524. The van der Waals surface area contributed by atoms with Gasteiger partial charge in [-0.2, -0.15) is 0 Å². The Hall–Kier alpha value is -2.00. The van der Waals surface area contributed by atoms with Crippen LogP contribution in [0.5, 0.6) is 0 Å². The zero-order valence-electron chi connectivity index (χ0n) is 17.4. The molecule has 0 fully saturated rings. The molecule has 1 aliphatic rings. The standard InChI is InChI=1S/C21H28N2O5S/c1-23(2)14-8-9-15(16(12-14)21(24)26-4)20-22-17-6-5-7-18(19(17)29-20)28-13-27-11-10-25-3/h8-9,12,18H,5-7,10-11,13H2,1-4H3. The number of hydrogen-bond donors (Lipinski definition) is 0. The molecule has 158 valence electrons. The number of aryl methyl sites for hydroxylation is 1. The summed E-state index contributed by atoms with van der Waals surface area (Å²) in [7, 11) is 6.92. The molecule has 1 aromatic heterocycles. The predicted octanol–water partition coefficient (Wildman–Crippen LogP) is 3.68. The smallest absolute Gasteiger partial charge is 0.338 e. The number of anilines is 1. The number of rotatable bonds is 9. The van der Waals surface area contributed by atoms with E-state index < -0.39 is 0 Å². The topological polar surface area (TPSA) is 70.1 Å². The van der Waals surface area contributed by atoms with Crippen LogP contribution in [0.1, 0.15) is 39.9 Å². The fourth-order valence-electron chi connectivity index (χ4n) is 3.26. The first kappa shape index (κ1) is 21.7. The Kier molecular flexibility index (Phi) is 7.60. The Bertz CT molecular complexity index is 836. The summed E-state index contributed by atoms with van der Waals surface area (Å²) in [6.07, 6.45) is 2.84.